The van der Waals surface area contributed by atoms with Crippen molar-refractivity contribution in [3.63, 3.8) is 0 Å². The zero-order chi connectivity index (χ0) is 20.0. The highest BCUT2D eigenvalue weighted by molar-refractivity contribution is 6.33. The third kappa shape index (κ3) is 5.71. The third-order valence-electron chi connectivity index (χ3n) is 3.24. The summed E-state index contributed by atoms with van der Waals surface area (Å²) in [6.07, 6.45) is 0. The molecule has 0 aliphatic rings. The van der Waals surface area contributed by atoms with E-state index in [1.54, 1.807) is 0 Å². The lowest BCUT2D eigenvalue weighted by Gasteiger charge is -2.11. The van der Waals surface area contributed by atoms with Crippen LogP contribution in [0.1, 0.15) is 10.4 Å². The van der Waals surface area contributed by atoms with Gasteiger partial charge in [0, 0.05) is 11.8 Å². The molecule has 10 heteroatoms. The molecule has 0 fully saturated rings. The smallest absolute Gasteiger partial charge is 0.387 e. The summed E-state index contributed by atoms with van der Waals surface area (Å²) in [5, 5.41) is 2.58. The van der Waals surface area contributed by atoms with Crippen molar-refractivity contribution in [2.45, 2.75) is 6.61 Å². The molecule has 2 aromatic carbocycles. The Morgan fingerprint density at radius 3 is 2.48 bits per heavy atom. The molecule has 1 amide bonds. The number of benzene rings is 2. The van der Waals surface area contributed by atoms with Crippen molar-refractivity contribution in [1.29, 1.82) is 0 Å². The molecule has 0 aromatic heterocycles. The number of rotatable bonds is 7. The second-order valence-electron chi connectivity index (χ2n) is 5.10. The van der Waals surface area contributed by atoms with E-state index in [9.17, 15) is 18.4 Å². The molecule has 0 aliphatic heterocycles. The number of nitrogens with one attached hydrogen (secondary N) is 1. The first-order chi connectivity index (χ1) is 12.8. The van der Waals surface area contributed by atoms with Crippen LogP contribution in [-0.4, -0.2) is 32.2 Å². The topological polar surface area (TPSA) is 99.9 Å². The van der Waals surface area contributed by atoms with Crippen LogP contribution in [-0.2, 0) is 9.53 Å². The fourth-order valence-corrected chi connectivity index (χ4v) is 2.19. The van der Waals surface area contributed by atoms with Gasteiger partial charge in [-0.3, -0.25) is 4.79 Å². The van der Waals surface area contributed by atoms with Crippen LogP contribution in [0.2, 0.25) is 5.02 Å². The summed E-state index contributed by atoms with van der Waals surface area (Å²) in [5.41, 5.74) is 6.18. The van der Waals surface area contributed by atoms with E-state index in [1.807, 2.05) is 0 Å². The Kier molecular flexibility index (Phi) is 6.78. The van der Waals surface area contributed by atoms with Gasteiger partial charge in [-0.15, -0.1) is 0 Å². The maximum atomic E-state index is 12.1. The number of carbonyl (C=O) groups is 2. The van der Waals surface area contributed by atoms with Gasteiger partial charge in [-0.05, 0) is 30.3 Å². The van der Waals surface area contributed by atoms with Gasteiger partial charge in [0.05, 0.1) is 17.8 Å². The molecule has 0 aliphatic carbocycles. The van der Waals surface area contributed by atoms with Crippen LogP contribution in [0.3, 0.4) is 0 Å². The Bertz CT molecular complexity index is 831. The van der Waals surface area contributed by atoms with Gasteiger partial charge in [0.2, 0.25) is 0 Å². The number of carbonyl (C=O) groups excluding carboxylic acids is 2. The molecule has 0 saturated carbocycles. The van der Waals surface area contributed by atoms with Gasteiger partial charge in [-0.25, -0.2) is 4.79 Å². The summed E-state index contributed by atoms with van der Waals surface area (Å²) < 4.78 is 38.3. The SMILES string of the molecule is COc1cc(N)c(Cl)cc1C(=O)OCC(=O)Nc1ccc(OC(F)F)cc1. The van der Waals surface area contributed by atoms with Crippen LogP contribution in [0.25, 0.3) is 0 Å². The molecule has 0 spiro atoms. The predicted octanol–water partition coefficient (Wildman–Crippen LogP) is 3.33. The Morgan fingerprint density at radius 2 is 1.89 bits per heavy atom. The number of nitrogen functional groups attached to an aromatic ring is 1. The van der Waals surface area contributed by atoms with Gasteiger partial charge in [0.25, 0.3) is 5.91 Å². The molecule has 3 N–H and O–H groups in total. The number of ether oxygens (including phenoxy) is 3. The fourth-order valence-electron chi connectivity index (χ4n) is 2.02. The van der Waals surface area contributed by atoms with Crippen molar-refractivity contribution in [2.75, 3.05) is 24.8 Å². The van der Waals surface area contributed by atoms with Crippen LogP contribution in [0, 0.1) is 0 Å². The molecular formula is C17H15ClF2N2O5. The van der Waals surface area contributed by atoms with Gasteiger partial charge < -0.3 is 25.3 Å². The summed E-state index contributed by atoms with van der Waals surface area (Å²) in [5.74, 6) is -1.37. The number of halogens is 3. The minimum absolute atomic E-state index is 0.0120. The zero-order valence-electron chi connectivity index (χ0n) is 14.0. The van der Waals surface area contributed by atoms with E-state index >= 15 is 0 Å². The zero-order valence-corrected chi connectivity index (χ0v) is 14.8. The normalized spacial score (nSPS) is 10.4. The molecule has 0 atom stereocenters. The molecule has 0 radical (unpaired) electrons. The summed E-state index contributed by atoms with van der Waals surface area (Å²) >= 11 is 5.88. The quantitative estimate of drug-likeness (QED) is 0.546. The van der Waals surface area contributed by atoms with Crippen LogP contribution in [0.4, 0.5) is 20.2 Å². The highest BCUT2D eigenvalue weighted by Gasteiger charge is 2.18. The first kappa shape index (κ1) is 20.2. The molecule has 144 valence electrons. The maximum Gasteiger partial charge on any atom is 0.387 e. The molecule has 2 aromatic rings. The van der Waals surface area contributed by atoms with E-state index in [2.05, 4.69) is 10.1 Å². The largest absolute Gasteiger partial charge is 0.496 e. The Morgan fingerprint density at radius 1 is 1.22 bits per heavy atom. The number of hydrogen-bond acceptors (Lipinski definition) is 6. The number of alkyl halides is 2. The second-order valence-corrected chi connectivity index (χ2v) is 5.51. The van der Waals surface area contributed by atoms with Crippen LogP contribution >= 0.6 is 11.6 Å². The van der Waals surface area contributed by atoms with Gasteiger partial charge in [0.15, 0.2) is 6.61 Å². The van der Waals surface area contributed by atoms with Crippen molar-refractivity contribution in [3.8, 4) is 11.5 Å². The van der Waals surface area contributed by atoms with Gasteiger partial charge in [-0.2, -0.15) is 8.78 Å². The average molecular weight is 401 g/mol. The predicted molar refractivity (Wildman–Crippen MR) is 94.4 cm³/mol. The summed E-state index contributed by atoms with van der Waals surface area (Å²) in [7, 11) is 1.34. The number of amides is 1. The van der Waals surface area contributed by atoms with Crippen molar-refractivity contribution in [3.05, 3.63) is 47.0 Å². The van der Waals surface area contributed by atoms with Crippen molar-refractivity contribution in [2.24, 2.45) is 0 Å². The minimum atomic E-state index is -2.94. The lowest BCUT2D eigenvalue weighted by Crippen LogP contribution is -2.21. The number of hydrogen-bond donors (Lipinski definition) is 2. The van der Waals surface area contributed by atoms with Crippen molar-refractivity contribution < 1.29 is 32.6 Å². The molecule has 0 heterocycles. The lowest BCUT2D eigenvalue weighted by atomic mass is 10.2. The lowest BCUT2D eigenvalue weighted by molar-refractivity contribution is -0.119. The summed E-state index contributed by atoms with van der Waals surface area (Å²) in [6, 6.07) is 7.88. The van der Waals surface area contributed by atoms with Crippen LogP contribution in [0.5, 0.6) is 11.5 Å². The standard InChI is InChI=1S/C17H15ClF2N2O5/c1-25-14-7-13(21)12(18)6-11(14)16(24)26-8-15(23)22-9-2-4-10(5-3-9)27-17(19)20/h2-7,17H,8,21H2,1H3,(H,22,23). The molecule has 0 bridgehead atoms. The van der Waals surface area contributed by atoms with E-state index < -0.39 is 25.1 Å². The van der Waals surface area contributed by atoms with Crippen LogP contribution in [0.15, 0.2) is 36.4 Å². The Hall–Kier alpha value is -3.07. The van der Waals surface area contributed by atoms with Gasteiger partial charge in [0.1, 0.15) is 17.1 Å². The number of anilines is 2. The molecule has 7 nitrogen and oxygen atoms in total. The Balaban J connectivity index is 1.93. The summed E-state index contributed by atoms with van der Waals surface area (Å²) in [4.78, 5) is 24.0. The van der Waals surface area contributed by atoms with E-state index in [0.717, 1.165) is 0 Å². The second kappa shape index (κ2) is 9.04. The number of esters is 1. The first-order valence-electron chi connectivity index (χ1n) is 7.45. The average Bonchev–Trinajstić information content (AvgIpc) is 2.62. The maximum absolute atomic E-state index is 12.1. The minimum Gasteiger partial charge on any atom is -0.496 e. The Labute approximate surface area is 158 Å². The fraction of sp³-hybridized carbons (Fsp3) is 0.176. The van der Waals surface area contributed by atoms with Gasteiger partial charge >= 0.3 is 12.6 Å². The molecule has 0 unspecified atom stereocenters. The van der Waals surface area contributed by atoms with E-state index in [1.165, 1.54) is 43.5 Å². The highest BCUT2D eigenvalue weighted by Crippen LogP contribution is 2.29. The van der Waals surface area contributed by atoms with E-state index in [-0.39, 0.29) is 27.8 Å². The monoisotopic (exact) mass is 400 g/mol. The van der Waals surface area contributed by atoms with Crippen molar-refractivity contribution in [1.82, 2.24) is 0 Å². The molecular weight excluding hydrogens is 386 g/mol. The first-order valence-corrected chi connectivity index (χ1v) is 7.82. The number of methoxy groups -OCH3 is 1. The van der Waals surface area contributed by atoms with Crippen molar-refractivity contribution >= 4 is 34.9 Å². The molecule has 27 heavy (non-hydrogen) atoms. The molecule has 2 rings (SSSR count). The third-order valence-corrected chi connectivity index (χ3v) is 3.56. The summed E-state index contributed by atoms with van der Waals surface area (Å²) in [6.45, 7) is -3.53. The van der Waals surface area contributed by atoms with E-state index in [4.69, 9.17) is 26.8 Å². The van der Waals surface area contributed by atoms with Crippen LogP contribution < -0.4 is 20.5 Å². The highest BCUT2D eigenvalue weighted by atomic mass is 35.5. The molecule has 0 saturated heterocycles. The van der Waals surface area contributed by atoms with E-state index in [0.29, 0.717) is 5.69 Å². The van der Waals surface area contributed by atoms with Gasteiger partial charge in [-0.1, -0.05) is 11.6 Å². The number of nitrogens with two attached hydrogens (primary N) is 1.